The highest BCUT2D eigenvalue weighted by Crippen LogP contribution is 2.42. The molecule has 7 nitrogen and oxygen atoms in total. The first-order valence-corrected chi connectivity index (χ1v) is 11.6. The topological polar surface area (TPSA) is 87.2 Å². The Morgan fingerprint density at radius 2 is 1.69 bits per heavy atom. The Morgan fingerprint density at radius 3 is 2.31 bits per heavy atom. The summed E-state index contributed by atoms with van der Waals surface area (Å²) in [5, 5.41) is 9.36. The van der Waals surface area contributed by atoms with Gasteiger partial charge in [-0.3, -0.25) is 9.59 Å². The van der Waals surface area contributed by atoms with Crippen LogP contribution in [0.25, 0.3) is 0 Å². The molecule has 1 heterocycles. The minimum Gasteiger partial charge on any atom is -0.482 e. The summed E-state index contributed by atoms with van der Waals surface area (Å²) in [4.78, 5) is 40.6. The lowest BCUT2D eigenvalue weighted by molar-refractivity contribution is -0.139. The molecule has 2 atom stereocenters. The summed E-state index contributed by atoms with van der Waals surface area (Å²) in [6, 6.07) is 20.7. The van der Waals surface area contributed by atoms with Crippen molar-refractivity contribution in [2.45, 2.75) is 32.4 Å². The van der Waals surface area contributed by atoms with Crippen LogP contribution in [0.1, 0.15) is 42.2 Å². The van der Waals surface area contributed by atoms with E-state index in [2.05, 4.69) is 0 Å². The first kappa shape index (κ1) is 24.3. The number of rotatable bonds is 6. The molecule has 3 aromatic carbocycles. The predicted octanol–water partition coefficient (Wildman–Crippen LogP) is 5.34. The van der Waals surface area contributed by atoms with E-state index in [9.17, 15) is 14.4 Å². The van der Waals surface area contributed by atoms with Gasteiger partial charge in [0.25, 0.3) is 5.91 Å². The van der Waals surface area contributed by atoms with Crippen LogP contribution in [-0.2, 0) is 9.59 Å². The molecule has 0 aromatic heterocycles. The number of amides is 2. The number of aliphatic carboxylic acids is 1. The summed E-state index contributed by atoms with van der Waals surface area (Å²) >= 11 is 6.06. The van der Waals surface area contributed by atoms with Crippen molar-refractivity contribution in [2.75, 3.05) is 16.4 Å². The van der Waals surface area contributed by atoms with Crippen LogP contribution in [0.4, 0.5) is 11.4 Å². The highest BCUT2D eigenvalue weighted by atomic mass is 35.5. The maximum Gasteiger partial charge on any atom is 0.341 e. The molecular formula is C27H25ClN2O5. The number of hydrogen-bond acceptors (Lipinski definition) is 4. The number of benzene rings is 3. The van der Waals surface area contributed by atoms with E-state index in [0.29, 0.717) is 22.8 Å². The number of para-hydroxylation sites is 1. The van der Waals surface area contributed by atoms with Crippen LogP contribution in [0.3, 0.4) is 0 Å². The van der Waals surface area contributed by atoms with Crippen molar-refractivity contribution >= 4 is 40.8 Å². The second-order valence-electron chi connectivity index (χ2n) is 8.41. The van der Waals surface area contributed by atoms with Crippen LogP contribution in [0.15, 0.2) is 72.8 Å². The van der Waals surface area contributed by atoms with Crippen LogP contribution in [0.2, 0.25) is 5.02 Å². The zero-order chi connectivity index (χ0) is 25.1. The second kappa shape index (κ2) is 10.2. The van der Waals surface area contributed by atoms with Crippen LogP contribution >= 0.6 is 11.6 Å². The summed E-state index contributed by atoms with van der Waals surface area (Å²) in [5.74, 6) is -0.988. The summed E-state index contributed by atoms with van der Waals surface area (Å²) in [6.07, 6.45) is 0.546. The Balaban J connectivity index is 1.67. The lowest BCUT2D eigenvalue weighted by Gasteiger charge is -2.43. The Hall–Kier alpha value is -3.84. The van der Waals surface area contributed by atoms with Crippen molar-refractivity contribution < 1.29 is 24.2 Å². The second-order valence-corrected chi connectivity index (χ2v) is 8.84. The van der Waals surface area contributed by atoms with Gasteiger partial charge in [0, 0.05) is 34.9 Å². The number of carbonyl (C=O) groups is 3. The number of hydrogen-bond donors (Lipinski definition) is 1. The molecular weight excluding hydrogens is 468 g/mol. The maximum atomic E-state index is 13.6. The van der Waals surface area contributed by atoms with E-state index in [-0.39, 0.29) is 23.9 Å². The number of halogens is 1. The van der Waals surface area contributed by atoms with E-state index in [1.54, 1.807) is 46.2 Å². The SMILES string of the molecule is CC(=O)N(c1ccc(Cl)cc1)C1CC(C)N(C(=O)c2ccc(OCC(=O)O)cc2)c2ccccc21. The minimum absolute atomic E-state index is 0.101. The molecule has 8 heteroatoms. The van der Waals surface area contributed by atoms with Gasteiger partial charge in [-0.25, -0.2) is 4.79 Å². The fourth-order valence-electron chi connectivity index (χ4n) is 4.50. The molecule has 180 valence electrons. The number of carboxylic acids is 1. The van der Waals surface area contributed by atoms with E-state index in [0.717, 1.165) is 16.9 Å². The van der Waals surface area contributed by atoms with Gasteiger partial charge in [-0.2, -0.15) is 0 Å². The maximum absolute atomic E-state index is 13.6. The predicted molar refractivity (Wildman–Crippen MR) is 134 cm³/mol. The normalized spacial score (nSPS) is 16.8. The van der Waals surface area contributed by atoms with Gasteiger partial charge >= 0.3 is 5.97 Å². The van der Waals surface area contributed by atoms with Crippen molar-refractivity contribution in [3.8, 4) is 5.75 Å². The molecule has 1 aliphatic rings. The van der Waals surface area contributed by atoms with Crippen LogP contribution in [0.5, 0.6) is 5.75 Å². The fraction of sp³-hybridized carbons (Fsp3) is 0.222. The van der Waals surface area contributed by atoms with Crippen molar-refractivity contribution in [1.82, 2.24) is 0 Å². The van der Waals surface area contributed by atoms with E-state index in [4.69, 9.17) is 21.4 Å². The first-order chi connectivity index (χ1) is 16.8. The van der Waals surface area contributed by atoms with Crippen molar-refractivity contribution in [2.24, 2.45) is 0 Å². The van der Waals surface area contributed by atoms with Gasteiger partial charge in [0.1, 0.15) is 5.75 Å². The molecule has 1 N–H and O–H groups in total. The van der Waals surface area contributed by atoms with Gasteiger partial charge in [-0.1, -0.05) is 29.8 Å². The standard InChI is InChI=1S/C27H25ClN2O5/c1-17-15-25(30(18(2)31)21-11-9-20(28)10-12-21)23-5-3-4-6-24(23)29(17)27(34)19-7-13-22(14-8-19)35-16-26(32)33/h3-14,17,25H,15-16H2,1-2H3,(H,32,33). The summed E-state index contributed by atoms with van der Waals surface area (Å²) in [5.41, 5.74) is 2.82. The molecule has 0 radical (unpaired) electrons. The van der Waals surface area contributed by atoms with Gasteiger partial charge in [0.2, 0.25) is 5.91 Å². The van der Waals surface area contributed by atoms with E-state index < -0.39 is 12.6 Å². The smallest absolute Gasteiger partial charge is 0.341 e. The third kappa shape index (κ3) is 5.15. The third-order valence-electron chi connectivity index (χ3n) is 6.00. The summed E-state index contributed by atoms with van der Waals surface area (Å²) < 4.78 is 5.17. The lowest BCUT2D eigenvalue weighted by Crippen LogP contribution is -2.47. The van der Waals surface area contributed by atoms with E-state index in [1.807, 2.05) is 43.3 Å². The monoisotopic (exact) mass is 492 g/mol. The highest BCUT2D eigenvalue weighted by molar-refractivity contribution is 6.30. The quantitative estimate of drug-likeness (QED) is 0.502. The van der Waals surface area contributed by atoms with Crippen LogP contribution < -0.4 is 14.5 Å². The van der Waals surface area contributed by atoms with Crippen LogP contribution in [0, 0.1) is 0 Å². The molecule has 35 heavy (non-hydrogen) atoms. The number of nitrogens with zero attached hydrogens (tertiary/aromatic N) is 2. The Bertz CT molecular complexity index is 1240. The summed E-state index contributed by atoms with van der Waals surface area (Å²) in [7, 11) is 0. The number of carbonyl (C=O) groups excluding carboxylic acids is 2. The van der Waals surface area contributed by atoms with E-state index >= 15 is 0 Å². The average molecular weight is 493 g/mol. The average Bonchev–Trinajstić information content (AvgIpc) is 2.84. The van der Waals surface area contributed by atoms with Gasteiger partial charge in [0.15, 0.2) is 6.61 Å². The molecule has 3 aromatic rings. The molecule has 0 aliphatic carbocycles. The van der Waals surface area contributed by atoms with Gasteiger partial charge in [-0.05, 0) is 73.5 Å². The molecule has 1 aliphatic heterocycles. The molecule has 0 bridgehead atoms. The van der Waals surface area contributed by atoms with Crippen LogP contribution in [-0.4, -0.2) is 35.5 Å². The Labute approximate surface area is 208 Å². The Morgan fingerprint density at radius 1 is 1.03 bits per heavy atom. The van der Waals surface area contributed by atoms with Crippen molar-refractivity contribution in [3.63, 3.8) is 0 Å². The lowest BCUT2D eigenvalue weighted by atomic mass is 9.89. The molecule has 0 saturated heterocycles. The number of carboxylic acid groups (broad SMARTS) is 1. The molecule has 2 amide bonds. The fourth-order valence-corrected chi connectivity index (χ4v) is 4.62. The third-order valence-corrected chi connectivity index (χ3v) is 6.25. The van der Waals surface area contributed by atoms with Gasteiger partial charge < -0.3 is 19.6 Å². The molecule has 0 saturated carbocycles. The molecule has 0 fully saturated rings. The summed E-state index contributed by atoms with van der Waals surface area (Å²) in [6.45, 7) is 3.05. The van der Waals surface area contributed by atoms with Crippen molar-refractivity contribution in [1.29, 1.82) is 0 Å². The van der Waals surface area contributed by atoms with Gasteiger partial charge in [0.05, 0.1) is 6.04 Å². The molecule has 0 spiro atoms. The zero-order valence-electron chi connectivity index (χ0n) is 19.3. The molecule has 2 unspecified atom stereocenters. The Kier molecular flexibility index (Phi) is 7.07. The number of fused-ring (bicyclic) bond motifs is 1. The largest absolute Gasteiger partial charge is 0.482 e. The van der Waals surface area contributed by atoms with E-state index in [1.165, 1.54) is 6.92 Å². The number of anilines is 2. The minimum atomic E-state index is -1.07. The molecule has 4 rings (SSSR count). The number of ether oxygens (including phenoxy) is 1. The zero-order valence-corrected chi connectivity index (χ0v) is 20.1. The first-order valence-electron chi connectivity index (χ1n) is 11.2. The van der Waals surface area contributed by atoms with Gasteiger partial charge in [-0.15, -0.1) is 0 Å². The highest BCUT2D eigenvalue weighted by Gasteiger charge is 2.38. The van der Waals surface area contributed by atoms with Crippen molar-refractivity contribution in [3.05, 3.63) is 88.9 Å².